The van der Waals surface area contributed by atoms with Crippen molar-refractivity contribution in [1.82, 2.24) is 20.5 Å². The molecule has 2 N–H and O–H groups in total. The summed E-state index contributed by atoms with van der Waals surface area (Å²) in [6.07, 6.45) is 3.51. The van der Waals surface area contributed by atoms with E-state index in [1.165, 1.54) is 12.1 Å². The van der Waals surface area contributed by atoms with Crippen molar-refractivity contribution < 1.29 is 14.0 Å². The van der Waals surface area contributed by atoms with Crippen LogP contribution in [0, 0.1) is 11.7 Å². The lowest BCUT2D eigenvalue weighted by Gasteiger charge is -2.40. The molecule has 1 aliphatic heterocycles. The average Bonchev–Trinajstić information content (AvgIpc) is 2.79. The van der Waals surface area contributed by atoms with E-state index in [2.05, 4.69) is 25.4 Å². The van der Waals surface area contributed by atoms with Crippen LogP contribution in [-0.2, 0) is 9.59 Å². The minimum absolute atomic E-state index is 0.0917. The van der Waals surface area contributed by atoms with Gasteiger partial charge in [-0.25, -0.2) is 4.39 Å². The molecule has 1 aromatic carbocycles. The Labute approximate surface area is 182 Å². The summed E-state index contributed by atoms with van der Waals surface area (Å²) in [6, 6.07) is 10.3. The van der Waals surface area contributed by atoms with Gasteiger partial charge in [-0.05, 0) is 41.8 Å². The third-order valence-corrected chi connectivity index (χ3v) is 5.35. The Morgan fingerprint density at radius 2 is 1.65 bits per heavy atom. The monoisotopic (exact) mass is 427 g/mol. The van der Waals surface area contributed by atoms with E-state index < -0.39 is 11.8 Å². The van der Waals surface area contributed by atoms with Crippen molar-refractivity contribution in [2.45, 2.75) is 19.9 Å². The van der Waals surface area contributed by atoms with Crippen LogP contribution < -0.4 is 15.5 Å². The number of amides is 2. The zero-order valence-electron chi connectivity index (χ0n) is 18.1. The molecule has 0 radical (unpaired) electrons. The molecule has 1 aromatic heterocycles. The number of anilines is 1. The fourth-order valence-corrected chi connectivity index (χ4v) is 3.62. The van der Waals surface area contributed by atoms with Gasteiger partial charge in [0.15, 0.2) is 0 Å². The fraction of sp³-hybridized carbons (Fsp3) is 0.435. The van der Waals surface area contributed by atoms with Gasteiger partial charge in [-0.15, -0.1) is 0 Å². The summed E-state index contributed by atoms with van der Waals surface area (Å²) in [7, 11) is 0. The molecule has 0 saturated carbocycles. The first kappa shape index (κ1) is 22.7. The second-order valence-corrected chi connectivity index (χ2v) is 8.12. The summed E-state index contributed by atoms with van der Waals surface area (Å²) in [5.74, 6) is -1.20. The van der Waals surface area contributed by atoms with E-state index in [1.54, 1.807) is 24.5 Å². The second-order valence-electron chi connectivity index (χ2n) is 8.12. The zero-order valence-corrected chi connectivity index (χ0v) is 18.1. The first-order valence-corrected chi connectivity index (χ1v) is 10.6. The van der Waals surface area contributed by atoms with Crippen LogP contribution >= 0.6 is 0 Å². The number of carbonyl (C=O) groups excluding carboxylic acids is 2. The number of aromatic nitrogens is 1. The summed E-state index contributed by atoms with van der Waals surface area (Å²) >= 11 is 0. The van der Waals surface area contributed by atoms with Crippen LogP contribution in [0.15, 0.2) is 48.8 Å². The quantitative estimate of drug-likeness (QED) is 0.661. The van der Waals surface area contributed by atoms with Crippen LogP contribution in [0.3, 0.4) is 0 Å². The first-order valence-electron chi connectivity index (χ1n) is 10.6. The van der Waals surface area contributed by atoms with Crippen molar-refractivity contribution in [2.75, 3.05) is 44.2 Å². The molecule has 0 aliphatic carbocycles. The van der Waals surface area contributed by atoms with Gasteiger partial charge in [-0.3, -0.25) is 19.5 Å². The first-order chi connectivity index (χ1) is 14.9. The molecule has 2 aromatic rings. The Kier molecular flexibility index (Phi) is 7.94. The molecule has 2 heterocycles. The summed E-state index contributed by atoms with van der Waals surface area (Å²) in [5, 5.41) is 5.42. The van der Waals surface area contributed by atoms with Crippen LogP contribution in [-0.4, -0.2) is 61.0 Å². The molecule has 1 fully saturated rings. The average molecular weight is 428 g/mol. The lowest BCUT2D eigenvalue weighted by molar-refractivity contribution is -0.139. The van der Waals surface area contributed by atoms with Crippen LogP contribution in [0.5, 0.6) is 0 Å². The number of nitrogens with one attached hydrogen (secondary N) is 2. The van der Waals surface area contributed by atoms with E-state index in [9.17, 15) is 14.0 Å². The molecule has 1 unspecified atom stereocenters. The molecule has 3 rings (SSSR count). The number of nitrogens with zero attached hydrogens (tertiary/aromatic N) is 3. The molecule has 31 heavy (non-hydrogen) atoms. The number of halogens is 1. The van der Waals surface area contributed by atoms with Crippen LogP contribution in [0.1, 0.15) is 25.5 Å². The van der Waals surface area contributed by atoms with Gasteiger partial charge in [0.25, 0.3) is 0 Å². The van der Waals surface area contributed by atoms with E-state index in [1.807, 2.05) is 26.0 Å². The third-order valence-electron chi connectivity index (χ3n) is 5.35. The summed E-state index contributed by atoms with van der Waals surface area (Å²) < 4.78 is 13.2. The van der Waals surface area contributed by atoms with Gasteiger partial charge < -0.3 is 15.5 Å². The zero-order chi connectivity index (χ0) is 22.2. The van der Waals surface area contributed by atoms with Crippen molar-refractivity contribution in [3.05, 3.63) is 60.2 Å². The van der Waals surface area contributed by atoms with Crippen molar-refractivity contribution >= 4 is 17.5 Å². The van der Waals surface area contributed by atoms with Gasteiger partial charge in [0.2, 0.25) is 0 Å². The summed E-state index contributed by atoms with van der Waals surface area (Å²) in [4.78, 5) is 33.0. The molecule has 8 heteroatoms. The minimum Gasteiger partial charge on any atom is -0.369 e. The lowest BCUT2D eigenvalue weighted by Crippen LogP contribution is -2.51. The highest BCUT2D eigenvalue weighted by atomic mass is 19.1. The van der Waals surface area contributed by atoms with Gasteiger partial charge in [0.05, 0.1) is 6.04 Å². The molecule has 166 valence electrons. The molecular formula is C23H30FN5O2. The third kappa shape index (κ3) is 6.49. The maximum Gasteiger partial charge on any atom is 0.309 e. The lowest BCUT2D eigenvalue weighted by atomic mass is 10.1. The van der Waals surface area contributed by atoms with Gasteiger partial charge in [0, 0.05) is 57.3 Å². The number of pyridine rings is 1. The molecule has 1 saturated heterocycles. The molecule has 1 atom stereocenters. The number of benzene rings is 1. The largest absolute Gasteiger partial charge is 0.369 e. The highest BCUT2D eigenvalue weighted by Gasteiger charge is 2.26. The van der Waals surface area contributed by atoms with Crippen LogP contribution in [0.4, 0.5) is 10.1 Å². The molecule has 0 bridgehead atoms. The number of hydrogen-bond donors (Lipinski definition) is 2. The predicted octanol–water partition coefficient (Wildman–Crippen LogP) is 1.97. The van der Waals surface area contributed by atoms with E-state index in [4.69, 9.17) is 0 Å². The van der Waals surface area contributed by atoms with Crippen molar-refractivity contribution in [3.8, 4) is 0 Å². The topological polar surface area (TPSA) is 77.6 Å². The SMILES string of the molecule is CC(C)CNC(=O)C(=O)NCC(c1cccnc1)N1CCN(c2ccc(F)cc2)CC1. The van der Waals surface area contributed by atoms with E-state index >= 15 is 0 Å². The fourth-order valence-electron chi connectivity index (χ4n) is 3.62. The highest BCUT2D eigenvalue weighted by Crippen LogP contribution is 2.23. The van der Waals surface area contributed by atoms with E-state index in [-0.39, 0.29) is 17.8 Å². The molecule has 0 spiro atoms. The molecule has 7 nitrogen and oxygen atoms in total. The second kappa shape index (κ2) is 10.9. The Bertz CT molecular complexity index is 852. The Morgan fingerprint density at radius 3 is 2.23 bits per heavy atom. The Morgan fingerprint density at radius 1 is 1.00 bits per heavy atom. The number of rotatable bonds is 7. The van der Waals surface area contributed by atoms with Gasteiger partial charge >= 0.3 is 11.8 Å². The molecule has 2 amide bonds. The van der Waals surface area contributed by atoms with Gasteiger partial charge in [0.1, 0.15) is 5.82 Å². The summed E-state index contributed by atoms with van der Waals surface area (Å²) in [5.41, 5.74) is 1.98. The van der Waals surface area contributed by atoms with E-state index in [0.29, 0.717) is 13.1 Å². The maximum absolute atomic E-state index is 13.2. The molecular weight excluding hydrogens is 397 g/mol. The number of piperazine rings is 1. The highest BCUT2D eigenvalue weighted by molar-refractivity contribution is 6.35. The van der Waals surface area contributed by atoms with Gasteiger partial charge in [-0.1, -0.05) is 19.9 Å². The summed E-state index contributed by atoms with van der Waals surface area (Å²) in [6.45, 7) is 7.83. The Balaban J connectivity index is 1.61. The predicted molar refractivity (Wildman–Crippen MR) is 118 cm³/mol. The van der Waals surface area contributed by atoms with Crippen molar-refractivity contribution in [3.63, 3.8) is 0 Å². The number of hydrogen-bond acceptors (Lipinski definition) is 5. The van der Waals surface area contributed by atoms with Crippen molar-refractivity contribution in [1.29, 1.82) is 0 Å². The standard InChI is InChI=1S/C23H30FN5O2/c1-17(2)14-26-22(30)23(31)27-16-21(18-4-3-9-25-15-18)29-12-10-28(11-13-29)20-7-5-19(24)6-8-20/h3-9,15,17,21H,10-14,16H2,1-2H3,(H,26,30)(H,27,31). The van der Waals surface area contributed by atoms with Crippen LogP contribution in [0.2, 0.25) is 0 Å². The van der Waals surface area contributed by atoms with Gasteiger partial charge in [-0.2, -0.15) is 0 Å². The van der Waals surface area contributed by atoms with E-state index in [0.717, 1.165) is 37.4 Å². The van der Waals surface area contributed by atoms with Crippen LogP contribution in [0.25, 0.3) is 0 Å². The molecule has 1 aliphatic rings. The minimum atomic E-state index is -0.625. The normalized spacial score (nSPS) is 15.5. The smallest absolute Gasteiger partial charge is 0.309 e. The Hall–Kier alpha value is -3.00. The maximum atomic E-state index is 13.2. The van der Waals surface area contributed by atoms with Crippen molar-refractivity contribution in [2.24, 2.45) is 5.92 Å². The number of carbonyl (C=O) groups is 2.